The number of rotatable bonds is 3. The Balaban J connectivity index is 1.87. The number of nitrogens with two attached hydrogens (primary N) is 1. The number of para-hydroxylation sites is 2. The SMILES string of the molecule is Nc1c2c(cc(=O)n1-c1ccccc1Oc1ccc(Cl)cc1)C(=O)NC2=O. The number of hydrogen-bond donors (Lipinski definition) is 2. The molecule has 0 bridgehead atoms. The molecule has 3 aromatic rings. The molecular weight excluding hydrogens is 370 g/mol. The van der Waals surface area contributed by atoms with Crippen LogP contribution >= 0.6 is 11.6 Å². The minimum absolute atomic E-state index is 0.0269. The van der Waals surface area contributed by atoms with E-state index in [1.54, 1.807) is 48.5 Å². The Morgan fingerprint density at radius 3 is 2.41 bits per heavy atom. The number of pyridine rings is 1. The van der Waals surface area contributed by atoms with E-state index in [0.717, 1.165) is 10.6 Å². The summed E-state index contributed by atoms with van der Waals surface area (Å²) in [6.07, 6.45) is 0. The minimum atomic E-state index is -0.642. The van der Waals surface area contributed by atoms with Crippen molar-refractivity contribution in [3.63, 3.8) is 0 Å². The number of aromatic nitrogens is 1. The maximum absolute atomic E-state index is 12.6. The lowest BCUT2D eigenvalue weighted by atomic mass is 10.1. The molecule has 1 aliphatic heterocycles. The van der Waals surface area contributed by atoms with Gasteiger partial charge in [-0.3, -0.25) is 24.3 Å². The predicted molar refractivity (Wildman–Crippen MR) is 99.8 cm³/mol. The number of carbonyl (C=O) groups excluding carboxylic acids is 2. The third kappa shape index (κ3) is 2.84. The zero-order valence-electron chi connectivity index (χ0n) is 13.7. The highest BCUT2D eigenvalue weighted by atomic mass is 35.5. The summed E-state index contributed by atoms with van der Waals surface area (Å²) >= 11 is 5.88. The van der Waals surface area contributed by atoms with Gasteiger partial charge in [-0.15, -0.1) is 0 Å². The van der Waals surface area contributed by atoms with E-state index in [9.17, 15) is 14.4 Å². The maximum atomic E-state index is 12.6. The van der Waals surface area contributed by atoms with Crippen molar-refractivity contribution in [3.8, 4) is 17.2 Å². The van der Waals surface area contributed by atoms with E-state index in [1.165, 1.54) is 0 Å². The third-order valence-corrected chi connectivity index (χ3v) is 4.35. The molecule has 8 heteroatoms. The van der Waals surface area contributed by atoms with Crippen molar-refractivity contribution in [1.82, 2.24) is 9.88 Å². The first-order valence-electron chi connectivity index (χ1n) is 7.90. The molecule has 0 fully saturated rings. The average molecular weight is 382 g/mol. The van der Waals surface area contributed by atoms with Crippen LogP contribution in [0, 0.1) is 0 Å². The molecule has 3 N–H and O–H groups in total. The first-order chi connectivity index (χ1) is 13.0. The maximum Gasteiger partial charge on any atom is 0.262 e. The normalized spacial score (nSPS) is 12.6. The number of nitrogens with one attached hydrogen (secondary N) is 1. The largest absolute Gasteiger partial charge is 0.455 e. The molecule has 2 amide bonds. The van der Waals surface area contributed by atoms with Gasteiger partial charge in [0.05, 0.1) is 16.8 Å². The molecule has 4 rings (SSSR count). The van der Waals surface area contributed by atoms with E-state index in [1.807, 2.05) is 0 Å². The Kier molecular flexibility index (Phi) is 3.93. The molecule has 27 heavy (non-hydrogen) atoms. The Morgan fingerprint density at radius 2 is 1.67 bits per heavy atom. The van der Waals surface area contributed by atoms with Gasteiger partial charge < -0.3 is 10.5 Å². The fraction of sp³-hybridized carbons (Fsp3) is 0. The minimum Gasteiger partial charge on any atom is -0.455 e. The van der Waals surface area contributed by atoms with Gasteiger partial charge in [0.25, 0.3) is 17.4 Å². The van der Waals surface area contributed by atoms with Crippen LogP contribution in [-0.4, -0.2) is 16.4 Å². The molecule has 0 saturated carbocycles. The Morgan fingerprint density at radius 1 is 0.963 bits per heavy atom. The number of amides is 2. The molecule has 2 heterocycles. The summed E-state index contributed by atoms with van der Waals surface area (Å²) in [5, 5.41) is 2.70. The summed E-state index contributed by atoms with van der Waals surface area (Å²) < 4.78 is 7.00. The van der Waals surface area contributed by atoms with Gasteiger partial charge in [0.15, 0.2) is 5.75 Å². The van der Waals surface area contributed by atoms with Gasteiger partial charge >= 0.3 is 0 Å². The van der Waals surface area contributed by atoms with Gasteiger partial charge in [-0.2, -0.15) is 0 Å². The molecule has 2 aromatic carbocycles. The fourth-order valence-corrected chi connectivity index (χ4v) is 3.01. The van der Waals surface area contributed by atoms with Crippen LogP contribution in [0.2, 0.25) is 5.02 Å². The van der Waals surface area contributed by atoms with Crippen LogP contribution in [0.3, 0.4) is 0 Å². The van der Waals surface area contributed by atoms with Gasteiger partial charge in [-0.05, 0) is 36.4 Å². The average Bonchev–Trinajstić information content (AvgIpc) is 2.92. The first-order valence-corrected chi connectivity index (χ1v) is 8.27. The summed E-state index contributed by atoms with van der Waals surface area (Å²) in [6, 6.07) is 14.5. The predicted octanol–water partition coefficient (Wildman–Crippen LogP) is 2.75. The number of hydrogen-bond acceptors (Lipinski definition) is 5. The van der Waals surface area contributed by atoms with Crippen LogP contribution in [0.5, 0.6) is 11.5 Å². The number of anilines is 1. The number of nitrogens with zero attached hydrogens (tertiary/aromatic N) is 1. The first kappa shape index (κ1) is 16.9. The standard InChI is InChI=1S/C19H12ClN3O4/c20-10-5-7-11(8-6-10)27-14-4-2-1-3-13(14)23-15(24)9-12-16(17(23)21)19(26)22-18(12)25/h1-9H,21H2,(H,22,25,26). The van der Waals surface area contributed by atoms with Crippen LogP contribution in [0.4, 0.5) is 5.82 Å². The lowest BCUT2D eigenvalue weighted by Crippen LogP contribution is -2.24. The highest BCUT2D eigenvalue weighted by Gasteiger charge is 2.32. The number of carbonyl (C=O) groups is 2. The van der Waals surface area contributed by atoms with Crippen molar-refractivity contribution in [2.45, 2.75) is 0 Å². The summed E-state index contributed by atoms with van der Waals surface area (Å²) in [7, 11) is 0. The lowest BCUT2D eigenvalue weighted by molar-refractivity contribution is 0.0880. The van der Waals surface area contributed by atoms with E-state index >= 15 is 0 Å². The number of nitrogen functional groups attached to an aromatic ring is 1. The molecule has 0 unspecified atom stereocenters. The number of benzene rings is 2. The number of ether oxygens (including phenoxy) is 1. The molecule has 0 spiro atoms. The summed E-state index contributed by atoms with van der Waals surface area (Å²) in [5.41, 5.74) is 5.81. The van der Waals surface area contributed by atoms with Crippen molar-refractivity contribution < 1.29 is 14.3 Å². The van der Waals surface area contributed by atoms with E-state index in [-0.39, 0.29) is 16.9 Å². The van der Waals surface area contributed by atoms with Gasteiger partial charge in [0, 0.05) is 11.1 Å². The smallest absolute Gasteiger partial charge is 0.262 e. The summed E-state index contributed by atoms with van der Waals surface area (Å²) in [4.78, 5) is 36.4. The van der Waals surface area contributed by atoms with Crippen molar-refractivity contribution in [3.05, 3.63) is 81.1 Å². The molecule has 0 radical (unpaired) electrons. The molecule has 0 aliphatic carbocycles. The topological polar surface area (TPSA) is 103 Å². The third-order valence-electron chi connectivity index (χ3n) is 4.10. The van der Waals surface area contributed by atoms with Crippen LogP contribution in [0.15, 0.2) is 59.4 Å². The summed E-state index contributed by atoms with van der Waals surface area (Å²) in [6.45, 7) is 0. The van der Waals surface area contributed by atoms with Crippen LogP contribution < -0.4 is 21.3 Å². The van der Waals surface area contributed by atoms with Crippen LogP contribution in [0.1, 0.15) is 20.7 Å². The van der Waals surface area contributed by atoms with Gasteiger partial charge in [-0.1, -0.05) is 23.7 Å². The van der Waals surface area contributed by atoms with E-state index in [2.05, 4.69) is 5.32 Å². The van der Waals surface area contributed by atoms with E-state index < -0.39 is 17.4 Å². The van der Waals surface area contributed by atoms with Crippen molar-refractivity contribution in [2.75, 3.05) is 5.73 Å². The van der Waals surface area contributed by atoms with Crippen molar-refractivity contribution in [2.24, 2.45) is 0 Å². The van der Waals surface area contributed by atoms with Crippen LogP contribution in [0.25, 0.3) is 5.69 Å². The van der Waals surface area contributed by atoms with Crippen molar-refractivity contribution in [1.29, 1.82) is 0 Å². The van der Waals surface area contributed by atoms with Gasteiger partial charge in [0.1, 0.15) is 11.6 Å². The number of imide groups is 1. The molecular formula is C19H12ClN3O4. The lowest BCUT2D eigenvalue weighted by Gasteiger charge is -2.16. The second-order valence-corrected chi connectivity index (χ2v) is 6.24. The molecule has 1 aliphatic rings. The highest BCUT2D eigenvalue weighted by Crippen LogP contribution is 2.31. The zero-order valence-corrected chi connectivity index (χ0v) is 14.5. The molecule has 134 valence electrons. The second-order valence-electron chi connectivity index (χ2n) is 5.80. The Labute approximate surface area is 157 Å². The van der Waals surface area contributed by atoms with E-state index in [0.29, 0.717) is 22.2 Å². The second kappa shape index (κ2) is 6.30. The van der Waals surface area contributed by atoms with E-state index in [4.69, 9.17) is 22.1 Å². The zero-order chi connectivity index (χ0) is 19.1. The van der Waals surface area contributed by atoms with Crippen molar-refractivity contribution >= 4 is 29.2 Å². The Hall–Kier alpha value is -3.58. The molecule has 7 nitrogen and oxygen atoms in total. The number of halogens is 1. The van der Waals surface area contributed by atoms with Crippen LogP contribution in [-0.2, 0) is 0 Å². The quantitative estimate of drug-likeness (QED) is 0.679. The van der Waals surface area contributed by atoms with Gasteiger partial charge in [0.2, 0.25) is 0 Å². The monoisotopic (exact) mass is 381 g/mol. The Bertz CT molecular complexity index is 1150. The highest BCUT2D eigenvalue weighted by molar-refractivity contribution is 6.30. The fourth-order valence-electron chi connectivity index (χ4n) is 2.89. The summed E-state index contributed by atoms with van der Waals surface area (Å²) in [5.74, 6) is -0.562. The molecule has 1 aromatic heterocycles. The number of fused-ring (bicyclic) bond motifs is 1. The van der Waals surface area contributed by atoms with Gasteiger partial charge in [-0.25, -0.2) is 0 Å². The molecule has 0 saturated heterocycles. The molecule has 0 atom stereocenters.